The molecule has 0 saturated carbocycles. The molecule has 3 rings (SSSR count). The number of nitrogens with zero attached hydrogens (tertiary/aromatic N) is 3. The van der Waals surface area contributed by atoms with Crippen molar-refractivity contribution in [1.82, 2.24) is 14.7 Å². The molecule has 0 bridgehead atoms. The van der Waals surface area contributed by atoms with E-state index >= 15 is 0 Å². The molecule has 1 atom stereocenters. The number of aliphatic hydroxyl groups excluding tert-OH is 1. The fourth-order valence-corrected chi connectivity index (χ4v) is 3.94. The van der Waals surface area contributed by atoms with Crippen LogP contribution in [0.25, 0.3) is 10.2 Å². The molecule has 1 N–H and O–H groups in total. The largest absolute Gasteiger partial charge is 0.391 e. The number of amides is 1. The Hall–Kier alpha value is -1.40. The summed E-state index contributed by atoms with van der Waals surface area (Å²) in [6.07, 6.45) is 1.28. The molecule has 114 valence electrons. The van der Waals surface area contributed by atoms with Gasteiger partial charge in [0, 0.05) is 25.5 Å². The van der Waals surface area contributed by atoms with Crippen molar-refractivity contribution in [2.24, 2.45) is 7.05 Å². The molecule has 2 aromatic heterocycles. The summed E-state index contributed by atoms with van der Waals surface area (Å²) >= 11 is 1.49. The van der Waals surface area contributed by atoms with Gasteiger partial charge in [-0.1, -0.05) is 13.8 Å². The van der Waals surface area contributed by atoms with E-state index in [1.165, 1.54) is 11.3 Å². The molecule has 1 fully saturated rings. The third-order valence-corrected chi connectivity index (χ3v) is 5.17. The first-order valence-corrected chi connectivity index (χ1v) is 8.22. The van der Waals surface area contributed by atoms with Crippen molar-refractivity contribution >= 4 is 27.5 Å². The van der Waals surface area contributed by atoms with Crippen LogP contribution in [-0.2, 0) is 7.05 Å². The van der Waals surface area contributed by atoms with Crippen LogP contribution in [0.5, 0.6) is 0 Å². The summed E-state index contributed by atoms with van der Waals surface area (Å²) in [4.78, 5) is 16.2. The Labute approximate surface area is 128 Å². The maximum absolute atomic E-state index is 12.6. The van der Waals surface area contributed by atoms with Gasteiger partial charge in [0.15, 0.2) is 0 Å². The molecular formula is C15H21N3O2S. The second-order valence-corrected chi connectivity index (χ2v) is 7.07. The lowest BCUT2D eigenvalue weighted by atomic mass is 10.1. The van der Waals surface area contributed by atoms with Gasteiger partial charge in [-0.2, -0.15) is 5.10 Å². The Morgan fingerprint density at radius 2 is 2.29 bits per heavy atom. The van der Waals surface area contributed by atoms with Crippen molar-refractivity contribution < 1.29 is 9.90 Å². The van der Waals surface area contributed by atoms with E-state index in [0.29, 0.717) is 12.5 Å². The Morgan fingerprint density at radius 3 is 2.95 bits per heavy atom. The lowest BCUT2D eigenvalue weighted by Gasteiger charge is -2.29. The SMILES string of the molecule is CC(C)c1nn(C)c2sc(C(=O)N3CCCC(O)C3)cc12. The predicted octanol–water partition coefficient (Wildman–Crippen LogP) is 2.36. The maximum Gasteiger partial charge on any atom is 0.264 e. The standard InChI is InChI=1S/C15H21N3O2S/c1-9(2)13-11-7-12(21-15(11)17(3)16-13)14(20)18-6-4-5-10(19)8-18/h7,9-10,19H,4-6,8H2,1-3H3. The van der Waals surface area contributed by atoms with Crippen molar-refractivity contribution in [3.8, 4) is 0 Å². The number of aliphatic hydroxyl groups is 1. The number of β-amino-alcohol motifs (C(OH)–C–C–N with tert-alkyl or cyclic N) is 1. The first kappa shape index (κ1) is 14.5. The molecule has 1 amide bonds. The van der Waals surface area contributed by atoms with Crippen LogP contribution in [0, 0.1) is 0 Å². The second-order valence-electron chi connectivity index (χ2n) is 6.04. The van der Waals surface area contributed by atoms with Gasteiger partial charge < -0.3 is 10.0 Å². The Balaban J connectivity index is 1.93. The monoisotopic (exact) mass is 307 g/mol. The van der Waals surface area contributed by atoms with Crippen LogP contribution in [0.2, 0.25) is 0 Å². The topological polar surface area (TPSA) is 58.4 Å². The fourth-order valence-electron chi connectivity index (χ4n) is 2.89. The van der Waals surface area contributed by atoms with E-state index in [4.69, 9.17) is 0 Å². The van der Waals surface area contributed by atoms with E-state index < -0.39 is 0 Å². The molecule has 0 spiro atoms. The number of rotatable bonds is 2. The van der Waals surface area contributed by atoms with Crippen LogP contribution in [0.4, 0.5) is 0 Å². The average Bonchev–Trinajstić information content (AvgIpc) is 2.99. The van der Waals surface area contributed by atoms with Crippen LogP contribution < -0.4 is 0 Å². The van der Waals surface area contributed by atoms with Crippen molar-refractivity contribution in [3.05, 3.63) is 16.6 Å². The van der Waals surface area contributed by atoms with E-state index in [9.17, 15) is 9.90 Å². The van der Waals surface area contributed by atoms with Crippen molar-refractivity contribution in [2.45, 2.75) is 38.7 Å². The third-order valence-electron chi connectivity index (χ3n) is 3.98. The van der Waals surface area contributed by atoms with Gasteiger partial charge in [0.25, 0.3) is 5.91 Å². The highest BCUT2D eigenvalue weighted by Crippen LogP contribution is 2.32. The molecule has 2 aromatic rings. The molecule has 1 aliphatic rings. The van der Waals surface area contributed by atoms with Gasteiger partial charge in [0.2, 0.25) is 0 Å². The smallest absolute Gasteiger partial charge is 0.264 e. The molecule has 0 radical (unpaired) electrons. The fraction of sp³-hybridized carbons (Fsp3) is 0.600. The van der Waals surface area contributed by atoms with E-state index in [1.807, 2.05) is 17.8 Å². The van der Waals surface area contributed by atoms with Gasteiger partial charge in [-0.15, -0.1) is 11.3 Å². The Morgan fingerprint density at radius 1 is 1.52 bits per heavy atom. The summed E-state index contributed by atoms with van der Waals surface area (Å²) < 4.78 is 1.86. The number of piperidine rings is 1. The molecule has 5 nitrogen and oxygen atoms in total. The zero-order valence-corrected chi connectivity index (χ0v) is 13.5. The first-order chi connectivity index (χ1) is 9.97. The Kier molecular flexibility index (Phi) is 3.75. The van der Waals surface area contributed by atoms with Gasteiger partial charge in [0.05, 0.1) is 16.7 Å². The van der Waals surface area contributed by atoms with E-state index in [-0.39, 0.29) is 12.0 Å². The van der Waals surface area contributed by atoms with Crippen molar-refractivity contribution in [1.29, 1.82) is 0 Å². The number of carbonyl (C=O) groups excluding carboxylic acids is 1. The molecule has 0 aromatic carbocycles. The quantitative estimate of drug-likeness (QED) is 0.926. The summed E-state index contributed by atoms with van der Waals surface area (Å²) in [5.74, 6) is 0.368. The normalized spacial score (nSPS) is 19.7. The molecule has 3 heterocycles. The van der Waals surface area contributed by atoms with E-state index in [1.54, 1.807) is 4.90 Å². The number of carbonyl (C=O) groups is 1. The lowest BCUT2D eigenvalue weighted by Crippen LogP contribution is -2.41. The number of aryl methyl sites for hydroxylation is 1. The van der Waals surface area contributed by atoms with Crippen LogP contribution in [0.3, 0.4) is 0 Å². The number of hydrogen-bond donors (Lipinski definition) is 1. The predicted molar refractivity (Wildman–Crippen MR) is 83.8 cm³/mol. The van der Waals surface area contributed by atoms with Crippen LogP contribution in [-0.4, -0.2) is 44.9 Å². The van der Waals surface area contributed by atoms with E-state index in [2.05, 4.69) is 18.9 Å². The van der Waals surface area contributed by atoms with Crippen LogP contribution >= 0.6 is 11.3 Å². The van der Waals surface area contributed by atoms with Gasteiger partial charge in [0.1, 0.15) is 4.83 Å². The number of aromatic nitrogens is 2. The molecule has 1 unspecified atom stereocenters. The zero-order valence-electron chi connectivity index (χ0n) is 12.7. The number of hydrogen-bond acceptors (Lipinski definition) is 4. The lowest BCUT2D eigenvalue weighted by molar-refractivity contribution is 0.0478. The highest BCUT2D eigenvalue weighted by molar-refractivity contribution is 7.20. The molecule has 1 aliphatic heterocycles. The summed E-state index contributed by atoms with van der Waals surface area (Å²) in [5, 5.41) is 15.3. The molecule has 6 heteroatoms. The van der Waals surface area contributed by atoms with Crippen molar-refractivity contribution in [2.75, 3.05) is 13.1 Å². The van der Waals surface area contributed by atoms with Gasteiger partial charge in [-0.3, -0.25) is 9.48 Å². The second kappa shape index (κ2) is 5.42. The number of thiophene rings is 1. The number of likely N-dealkylation sites (tertiary alicyclic amines) is 1. The minimum atomic E-state index is -0.384. The summed E-state index contributed by atoms with van der Waals surface area (Å²) in [5.41, 5.74) is 1.04. The molecule has 0 aliphatic carbocycles. The van der Waals surface area contributed by atoms with Crippen LogP contribution in [0.15, 0.2) is 6.07 Å². The van der Waals surface area contributed by atoms with E-state index in [0.717, 1.165) is 40.2 Å². The third kappa shape index (κ3) is 2.58. The van der Waals surface area contributed by atoms with Crippen LogP contribution in [0.1, 0.15) is 48.0 Å². The Bertz CT molecular complexity index is 674. The molecule has 21 heavy (non-hydrogen) atoms. The number of fused-ring (bicyclic) bond motifs is 1. The zero-order chi connectivity index (χ0) is 15.1. The first-order valence-electron chi connectivity index (χ1n) is 7.41. The minimum absolute atomic E-state index is 0.0321. The molecular weight excluding hydrogens is 286 g/mol. The summed E-state index contributed by atoms with van der Waals surface area (Å²) in [6.45, 7) is 5.41. The highest BCUT2D eigenvalue weighted by atomic mass is 32.1. The van der Waals surface area contributed by atoms with Gasteiger partial charge in [-0.05, 0) is 24.8 Å². The van der Waals surface area contributed by atoms with Crippen molar-refractivity contribution in [3.63, 3.8) is 0 Å². The molecule has 1 saturated heterocycles. The van der Waals surface area contributed by atoms with Gasteiger partial charge >= 0.3 is 0 Å². The summed E-state index contributed by atoms with van der Waals surface area (Å²) in [6, 6.07) is 1.96. The van der Waals surface area contributed by atoms with Gasteiger partial charge in [-0.25, -0.2) is 0 Å². The average molecular weight is 307 g/mol. The maximum atomic E-state index is 12.6. The highest BCUT2D eigenvalue weighted by Gasteiger charge is 2.25. The minimum Gasteiger partial charge on any atom is -0.391 e. The summed E-state index contributed by atoms with van der Waals surface area (Å²) in [7, 11) is 1.92.